The monoisotopic (exact) mass is 326 g/mol. The molecule has 0 heterocycles. The van der Waals surface area contributed by atoms with Crippen molar-refractivity contribution >= 4 is 12.6 Å². The molecule has 0 saturated heterocycles. The highest BCUT2D eigenvalue weighted by Gasteiger charge is 2.24. The van der Waals surface area contributed by atoms with Crippen LogP contribution in [-0.4, -0.2) is 47.7 Å². The lowest BCUT2D eigenvalue weighted by Gasteiger charge is -2.20. The van der Waals surface area contributed by atoms with Crippen LogP contribution in [0.15, 0.2) is 0 Å². The van der Waals surface area contributed by atoms with Crippen molar-refractivity contribution in [1.29, 1.82) is 0 Å². The molecule has 0 aliphatic carbocycles. The number of carbonyl (C=O) groups excluding carboxylic acids is 2. The van der Waals surface area contributed by atoms with E-state index in [0.29, 0.717) is 0 Å². The number of benzene rings is 1. The first-order valence-electron chi connectivity index (χ1n) is 5.81. The van der Waals surface area contributed by atoms with Gasteiger partial charge in [-0.05, 0) is 0 Å². The molecule has 5 nitrogen and oxygen atoms in total. The third-order valence-corrected chi connectivity index (χ3v) is 2.71. The lowest BCUT2D eigenvalue weighted by Crippen LogP contribution is -2.29. The third kappa shape index (κ3) is 4.33. The highest BCUT2D eigenvalue weighted by molar-refractivity contribution is 5.81. The first-order valence-corrected chi connectivity index (χ1v) is 5.81. The van der Waals surface area contributed by atoms with Gasteiger partial charge in [0.15, 0.2) is 35.8 Å². The first kappa shape index (κ1) is 20.2. The molecule has 0 aromatic heterocycles. The van der Waals surface area contributed by atoms with E-state index in [-0.39, 0.29) is 32.4 Å². The molecule has 3 N–H and O–H groups in total. The number of halogens is 4. The first-order chi connectivity index (χ1) is 10.2. The van der Waals surface area contributed by atoms with Crippen molar-refractivity contribution in [2.75, 3.05) is 19.8 Å². The molecule has 0 bridgehead atoms. The highest BCUT2D eigenvalue weighted by Crippen LogP contribution is 2.21. The molecule has 0 saturated carbocycles. The van der Waals surface area contributed by atoms with Crippen molar-refractivity contribution in [2.45, 2.75) is 6.92 Å². The second-order valence-electron chi connectivity index (χ2n) is 4.60. The molecule has 1 aromatic carbocycles. The zero-order valence-electron chi connectivity index (χ0n) is 11.4. The minimum absolute atomic E-state index is 0.181. The minimum Gasteiger partial charge on any atom is -0.396 e. The molecule has 22 heavy (non-hydrogen) atoms. The molecule has 0 atom stereocenters. The smallest absolute Gasteiger partial charge is 0.173 e. The van der Waals surface area contributed by atoms with E-state index in [0.717, 1.165) is 0 Å². The number of carbonyl (C=O) groups is 2. The van der Waals surface area contributed by atoms with Crippen LogP contribution in [0, 0.1) is 28.7 Å². The van der Waals surface area contributed by atoms with Crippen LogP contribution in [0.4, 0.5) is 17.6 Å². The fourth-order valence-electron chi connectivity index (χ4n) is 1.02. The standard InChI is InChI=1S/C8H2F4O2.C5H12O3/c9-5-3(1-13)6(10)8(12)4(2-14)7(5)11;1-5(2-6,3-7)4-8/h1-2H;6-8H,2-4H2,1H3. The molecule has 1 rings (SSSR count). The summed E-state index contributed by atoms with van der Waals surface area (Å²) in [7, 11) is 0. The van der Waals surface area contributed by atoms with E-state index >= 15 is 0 Å². The number of hydrogen-bond donors (Lipinski definition) is 3. The normalized spacial score (nSPS) is 10.7. The van der Waals surface area contributed by atoms with Crippen LogP contribution in [0.5, 0.6) is 0 Å². The summed E-state index contributed by atoms with van der Waals surface area (Å²) in [6.07, 6.45) is -0.739. The largest absolute Gasteiger partial charge is 0.396 e. The van der Waals surface area contributed by atoms with Gasteiger partial charge in [-0.15, -0.1) is 0 Å². The summed E-state index contributed by atoms with van der Waals surface area (Å²) in [5.74, 6) is -7.50. The Kier molecular flexibility index (Phi) is 7.85. The second kappa shape index (κ2) is 8.57. The zero-order valence-corrected chi connectivity index (χ0v) is 11.4. The molecule has 124 valence electrons. The summed E-state index contributed by atoms with van der Waals surface area (Å²) in [6.45, 7) is 1.06. The maximum Gasteiger partial charge on any atom is 0.173 e. The van der Waals surface area contributed by atoms with E-state index in [4.69, 9.17) is 15.3 Å². The fraction of sp³-hybridized carbons (Fsp3) is 0.385. The topological polar surface area (TPSA) is 94.8 Å². The van der Waals surface area contributed by atoms with Crippen LogP contribution in [0.1, 0.15) is 27.6 Å². The van der Waals surface area contributed by atoms with Gasteiger partial charge in [0.2, 0.25) is 0 Å². The van der Waals surface area contributed by atoms with Crippen molar-refractivity contribution in [3.63, 3.8) is 0 Å². The Labute approximate surface area is 122 Å². The summed E-state index contributed by atoms with van der Waals surface area (Å²) in [4.78, 5) is 20.1. The molecule has 0 aliphatic heterocycles. The predicted molar refractivity (Wildman–Crippen MR) is 66.4 cm³/mol. The number of hydrogen-bond acceptors (Lipinski definition) is 5. The van der Waals surface area contributed by atoms with Gasteiger partial charge >= 0.3 is 0 Å². The van der Waals surface area contributed by atoms with Gasteiger partial charge in [0.25, 0.3) is 0 Å². The van der Waals surface area contributed by atoms with E-state index in [1.807, 2.05) is 0 Å². The average Bonchev–Trinajstić information content (AvgIpc) is 2.54. The van der Waals surface area contributed by atoms with E-state index in [1.165, 1.54) is 0 Å². The quantitative estimate of drug-likeness (QED) is 0.423. The summed E-state index contributed by atoms with van der Waals surface area (Å²) in [6, 6.07) is 0. The second-order valence-corrected chi connectivity index (χ2v) is 4.60. The number of aldehydes is 2. The summed E-state index contributed by atoms with van der Waals surface area (Å²) >= 11 is 0. The van der Waals surface area contributed by atoms with Gasteiger partial charge in [0.05, 0.1) is 30.9 Å². The van der Waals surface area contributed by atoms with E-state index in [1.54, 1.807) is 6.92 Å². The number of aliphatic hydroxyl groups excluding tert-OH is 3. The van der Waals surface area contributed by atoms with E-state index < -0.39 is 39.8 Å². The van der Waals surface area contributed by atoms with Gasteiger partial charge < -0.3 is 15.3 Å². The molecular formula is C13H14F4O5. The fourth-order valence-corrected chi connectivity index (χ4v) is 1.02. The minimum atomic E-state index is -1.87. The maximum absolute atomic E-state index is 12.7. The number of aliphatic hydroxyl groups is 3. The Hall–Kier alpha value is -1.84. The molecule has 0 aliphatic rings. The Bertz CT molecular complexity index is 467. The van der Waals surface area contributed by atoms with Gasteiger partial charge in [0.1, 0.15) is 0 Å². The lowest BCUT2D eigenvalue weighted by molar-refractivity contribution is 0.0200. The van der Waals surface area contributed by atoms with Gasteiger partial charge in [-0.2, -0.15) is 0 Å². The summed E-state index contributed by atoms with van der Waals surface area (Å²) in [5, 5.41) is 25.4. The van der Waals surface area contributed by atoms with Crippen LogP contribution in [0.3, 0.4) is 0 Å². The van der Waals surface area contributed by atoms with Crippen LogP contribution >= 0.6 is 0 Å². The Balaban J connectivity index is 0.000000472. The third-order valence-electron chi connectivity index (χ3n) is 2.71. The van der Waals surface area contributed by atoms with Crippen LogP contribution < -0.4 is 0 Å². The zero-order chi connectivity index (χ0) is 17.5. The molecule has 0 fully saturated rings. The lowest BCUT2D eigenvalue weighted by atomic mass is 9.95. The Morgan fingerprint density at radius 2 is 1.00 bits per heavy atom. The van der Waals surface area contributed by atoms with Crippen molar-refractivity contribution in [2.24, 2.45) is 5.41 Å². The summed E-state index contributed by atoms with van der Waals surface area (Å²) in [5.41, 5.74) is -3.45. The average molecular weight is 326 g/mol. The van der Waals surface area contributed by atoms with Gasteiger partial charge in [-0.3, -0.25) is 9.59 Å². The SMILES string of the molecule is CC(CO)(CO)CO.O=Cc1c(F)c(F)c(C=O)c(F)c1F. The van der Waals surface area contributed by atoms with Crippen molar-refractivity contribution in [3.05, 3.63) is 34.4 Å². The maximum atomic E-state index is 12.7. The Morgan fingerprint density at radius 1 is 0.773 bits per heavy atom. The van der Waals surface area contributed by atoms with Gasteiger partial charge in [0, 0.05) is 5.41 Å². The highest BCUT2D eigenvalue weighted by atomic mass is 19.2. The van der Waals surface area contributed by atoms with Crippen molar-refractivity contribution in [3.8, 4) is 0 Å². The molecule has 9 heteroatoms. The van der Waals surface area contributed by atoms with Crippen LogP contribution in [0.25, 0.3) is 0 Å². The van der Waals surface area contributed by atoms with E-state index in [2.05, 4.69) is 0 Å². The molecule has 0 unspecified atom stereocenters. The van der Waals surface area contributed by atoms with Gasteiger partial charge in [-0.25, -0.2) is 17.6 Å². The van der Waals surface area contributed by atoms with Crippen LogP contribution in [0.2, 0.25) is 0 Å². The summed E-state index contributed by atoms with van der Waals surface area (Å²) < 4.78 is 50.9. The Morgan fingerprint density at radius 3 is 1.09 bits per heavy atom. The molecule has 0 spiro atoms. The van der Waals surface area contributed by atoms with Crippen molar-refractivity contribution in [1.82, 2.24) is 0 Å². The van der Waals surface area contributed by atoms with Crippen molar-refractivity contribution < 1.29 is 42.5 Å². The van der Waals surface area contributed by atoms with E-state index in [9.17, 15) is 27.2 Å². The molecule has 0 radical (unpaired) electrons. The molecule has 0 amide bonds. The van der Waals surface area contributed by atoms with Gasteiger partial charge in [-0.1, -0.05) is 6.92 Å². The number of rotatable bonds is 5. The van der Waals surface area contributed by atoms with Crippen LogP contribution in [-0.2, 0) is 0 Å². The molecule has 1 aromatic rings. The predicted octanol–water partition coefficient (Wildman–Crippen LogP) is 0.838. The molecular weight excluding hydrogens is 312 g/mol.